The minimum atomic E-state index is -0.685. The number of benzene rings is 2. The van der Waals surface area contributed by atoms with E-state index in [1.807, 2.05) is 32.0 Å². The first kappa shape index (κ1) is 18.0. The molecule has 3 rings (SSSR count). The van der Waals surface area contributed by atoms with Gasteiger partial charge in [-0.3, -0.25) is 10.1 Å². The lowest BCUT2D eigenvalue weighted by molar-refractivity contribution is -0.122. The quantitative estimate of drug-likeness (QED) is 0.723. The number of nitrogens with zero attached hydrogens (tertiary/aromatic N) is 2. The average molecular weight is 371 g/mol. The fourth-order valence-electron chi connectivity index (χ4n) is 2.24. The Hall–Kier alpha value is -2.80. The summed E-state index contributed by atoms with van der Waals surface area (Å²) in [5.74, 6) is 0.438. The number of rotatable bonds is 5. The van der Waals surface area contributed by atoms with E-state index in [-0.39, 0.29) is 11.7 Å². The van der Waals surface area contributed by atoms with E-state index < -0.39 is 6.10 Å². The van der Waals surface area contributed by atoms with E-state index in [0.29, 0.717) is 22.3 Å². The molecule has 1 unspecified atom stereocenters. The first-order valence-electron chi connectivity index (χ1n) is 8.07. The molecule has 0 saturated carbocycles. The maximum atomic E-state index is 13.0. The number of ether oxygens (including phenoxy) is 1. The topological polar surface area (TPSA) is 64.1 Å². The summed E-state index contributed by atoms with van der Waals surface area (Å²) in [5, 5.41) is 3.06. The normalized spacial score (nSPS) is 11.8. The summed E-state index contributed by atoms with van der Waals surface area (Å²) in [5.41, 5.74) is 2.95. The third kappa shape index (κ3) is 4.23. The maximum Gasteiger partial charge on any atom is 0.266 e. The molecule has 7 heteroatoms. The minimum absolute atomic E-state index is 0.315. The number of carbonyl (C=O) groups is 1. The van der Waals surface area contributed by atoms with Gasteiger partial charge in [0.25, 0.3) is 5.91 Å². The van der Waals surface area contributed by atoms with Crippen LogP contribution < -0.4 is 10.1 Å². The second-order valence-electron chi connectivity index (χ2n) is 5.93. The van der Waals surface area contributed by atoms with Crippen LogP contribution in [0.5, 0.6) is 5.75 Å². The van der Waals surface area contributed by atoms with Crippen LogP contribution in [-0.4, -0.2) is 21.4 Å². The van der Waals surface area contributed by atoms with Crippen LogP contribution in [0.15, 0.2) is 42.5 Å². The number of aryl methyl sites for hydroxylation is 2. The van der Waals surface area contributed by atoms with E-state index in [2.05, 4.69) is 14.7 Å². The predicted octanol–water partition coefficient (Wildman–Crippen LogP) is 4.37. The van der Waals surface area contributed by atoms with Crippen molar-refractivity contribution in [1.29, 1.82) is 0 Å². The van der Waals surface area contributed by atoms with Crippen molar-refractivity contribution in [2.75, 3.05) is 5.32 Å². The molecule has 3 aromatic rings. The molecular formula is C19H18FN3O2S. The lowest BCUT2D eigenvalue weighted by Gasteiger charge is -2.14. The van der Waals surface area contributed by atoms with Gasteiger partial charge in [0.05, 0.1) is 0 Å². The van der Waals surface area contributed by atoms with E-state index in [9.17, 15) is 9.18 Å². The zero-order valence-corrected chi connectivity index (χ0v) is 15.4. The summed E-state index contributed by atoms with van der Waals surface area (Å²) in [6.45, 7) is 5.68. The Kier molecular flexibility index (Phi) is 5.27. The fraction of sp³-hybridized carbons (Fsp3) is 0.211. The molecule has 2 aromatic carbocycles. The highest BCUT2D eigenvalue weighted by Crippen LogP contribution is 2.22. The highest BCUT2D eigenvalue weighted by Gasteiger charge is 2.17. The van der Waals surface area contributed by atoms with Gasteiger partial charge in [0, 0.05) is 17.1 Å². The van der Waals surface area contributed by atoms with Gasteiger partial charge in [-0.2, -0.15) is 9.36 Å². The van der Waals surface area contributed by atoms with E-state index in [0.717, 1.165) is 22.7 Å². The van der Waals surface area contributed by atoms with Crippen LogP contribution in [0.3, 0.4) is 0 Å². The number of hydrogen-bond acceptors (Lipinski definition) is 5. The third-order valence-electron chi connectivity index (χ3n) is 3.92. The lowest BCUT2D eigenvalue weighted by atomic mass is 10.1. The molecule has 26 heavy (non-hydrogen) atoms. The van der Waals surface area contributed by atoms with Gasteiger partial charge in [0.1, 0.15) is 11.6 Å². The Bertz CT molecular complexity index is 925. The lowest BCUT2D eigenvalue weighted by Crippen LogP contribution is -2.30. The molecular weight excluding hydrogens is 353 g/mol. The summed E-state index contributed by atoms with van der Waals surface area (Å²) in [6.07, 6.45) is -0.685. The number of anilines is 1. The largest absolute Gasteiger partial charge is 0.481 e. The summed E-state index contributed by atoms with van der Waals surface area (Å²) in [6, 6.07) is 11.6. The van der Waals surface area contributed by atoms with E-state index >= 15 is 0 Å². The van der Waals surface area contributed by atoms with E-state index in [4.69, 9.17) is 4.74 Å². The molecule has 5 nitrogen and oxygen atoms in total. The third-order valence-corrected chi connectivity index (χ3v) is 4.55. The van der Waals surface area contributed by atoms with Crippen molar-refractivity contribution in [3.63, 3.8) is 0 Å². The second kappa shape index (κ2) is 7.61. The highest BCUT2D eigenvalue weighted by molar-refractivity contribution is 7.10. The Morgan fingerprint density at radius 2 is 1.88 bits per heavy atom. The van der Waals surface area contributed by atoms with Gasteiger partial charge in [-0.05, 0) is 68.3 Å². The molecule has 0 bridgehead atoms. The van der Waals surface area contributed by atoms with Crippen molar-refractivity contribution >= 4 is 22.6 Å². The molecule has 0 aliphatic heterocycles. The maximum absolute atomic E-state index is 13.0. The molecule has 0 radical (unpaired) electrons. The van der Waals surface area contributed by atoms with Crippen LogP contribution in [0, 0.1) is 19.7 Å². The number of carbonyl (C=O) groups excluding carboxylic acids is 1. The zero-order valence-electron chi connectivity index (χ0n) is 14.6. The van der Waals surface area contributed by atoms with Gasteiger partial charge in [-0.25, -0.2) is 4.39 Å². The molecule has 1 aromatic heterocycles. The van der Waals surface area contributed by atoms with E-state index in [1.54, 1.807) is 19.1 Å². The Morgan fingerprint density at radius 1 is 1.15 bits per heavy atom. The SMILES string of the molecule is Cc1ccc(OC(C)C(=O)Nc2nc(-c3ccc(F)cc3)ns2)cc1C. The van der Waals surface area contributed by atoms with Gasteiger partial charge < -0.3 is 4.74 Å². The first-order chi connectivity index (χ1) is 12.4. The summed E-state index contributed by atoms with van der Waals surface area (Å²) >= 11 is 1.06. The standard InChI is InChI=1S/C19H18FN3O2S/c1-11-4-9-16(10-12(11)2)25-13(3)18(24)22-19-21-17(23-26-19)14-5-7-15(20)8-6-14/h4-10,13H,1-3H3,(H,21,22,23,24). The van der Waals surface area contributed by atoms with Crippen molar-refractivity contribution < 1.29 is 13.9 Å². The molecule has 1 amide bonds. The minimum Gasteiger partial charge on any atom is -0.481 e. The Morgan fingerprint density at radius 3 is 2.58 bits per heavy atom. The summed E-state index contributed by atoms with van der Waals surface area (Å²) < 4.78 is 22.9. The van der Waals surface area contributed by atoms with Crippen LogP contribution >= 0.6 is 11.5 Å². The van der Waals surface area contributed by atoms with Gasteiger partial charge >= 0.3 is 0 Å². The number of halogens is 1. The van der Waals surface area contributed by atoms with Gasteiger partial charge in [0.2, 0.25) is 5.13 Å². The molecule has 0 saturated heterocycles. The number of nitrogens with one attached hydrogen (secondary N) is 1. The molecule has 134 valence electrons. The van der Waals surface area contributed by atoms with Crippen molar-refractivity contribution in [3.8, 4) is 17.1 Å². The van der Waals surface area contributed by atoms with Gasteiger partial charge in [-0.15, -0.1) is 0 Å². The molecule has 0 aliphatic rings. The molecule has 0 fully saturated rings. The fourth-order valence-corrected chi connectivity index (χ4v) is 2.84. The van der Waals surface area contributed by atoms with Crippen LogP contribution in [0.4, 0.5) is 9.52 Å². The molecule has 1 N–H and O–H groups in total. The van der Waals surface area contributed by atoms with E-state index in [1.165, 1.54) is 12.1 Å². The monoisotopic (exact) mass is 371 g/mol. The van der Waals surface area contributed by atoms with Crippen molar-refractivity contribution in [1.82, 2.24) is 9.36 Å². The van der Waals surface area contributed by atoms with Crippen LogP contribution in [0.1, 0.15) is 18.1 Å². The van der Waals surface area contributed by atoms with Crippen molar-refractivity contribution in [2.45, 2.75) is 26.9 Å². The smallest absolute Gasteiger partial charge is 0.266 e. The first-order valence-corrected chi connectivity index (χ1v) is 8.84. The van der Waals surface area contributed by atoms with Crippen LogP contribution in [0.2, 0.25) is 0 Å². The number of amides is 1. The molecule has 0 spiro atoms. The van der Waals surface area contributed by atoms with Crippen molar-refractivity contribution in [2.24, 2.45) is 0 Å². The zero-order chi connectivity index (χ0) is 18.7. The Balaban J connectivity index is 1.64. The van der Waals surface area contributed by atoms with Crippen LogP contribution in [0.25, 0.3) is 11.4 Å². The number of aromatic nitrogens is 2. The predicted molar refractivity (Wildman–Crippen MR) is 99.9 cm³/mol. The molecule has 1 heterocycles. The molecule has 1 atom stereocenters. The second-order valence-corrected chi connectivity index (χ2v) is 6.68. The van der Waals surface area contributed by atoms with Gasteiger partial charge in [0.15, 0.2) is 11.9 Å². The highest BCUT2D eigenvalue weighted by atomic mass is 32.1. The van der Waals surface area contributed by atoms with Gasteiger partial charge in [-0.1, -0.05) is 6.07 Å². The molecule has 0 aliphatic carbocycles. The average Bonchev–Trinajstić information content (AvgIpc) is 3.07. The Labute approximate surface area is 155 Å². The summed E-state index contributed by atoms with van der Waals surface area (Å²) in [7, 11) is 0. The summed E-state index contributed by atoms with van der Waals surface area (Å²) in [4.78, 5) is 16.6. The van der Waals surface area contributed by atoms with Crippen molar-refractivity contribution in [3.05, 3.63) is 59.4 Å². The van der Waals surface area contributed by atoms with Crippen LogP contribution in [-0.2, 0) is 4.79 Å². The number of hydrogen-bond donors (Lipinski definition) is 1.